The average Bonchev–Trinajstić information content (AvgIpc) is 2.53. The molecule has 0 aromatic heterocycles. The van der Waals surface area contributed by atoms with E-state index in [1.807, 2.05) is 30.3 Å². The highest BCUT2D eigenvalue weighted by molar-refractivity contribution is 5.74. The third-order valence-electron chi connectivity index (χ3n) is 4.28. The highest BCUT2D eigenvalue weighted by atomic mass is 19.4. The van der Waals surface area contributed by atoms with Gasteiger partial charge in [0.05, 0.1) is 12.0 Å². The number of rotatable bonds is 5. The molecule has 1 aliphatic rings. The summed E-state index contributed by atoms with van der Waals surface area (Å²) in [6.45, 7) is 0.0517. The van der Waals surface area contributed by atoms with Crippen molar-refractivity contribution < 1.29 is 23.1 Å². The first kappa shape index (κ1) is 18.6. The molecule has 2 rings (SSSR count). The number of hydrogen-bond donors (Lipinski definition) is 3. The van der Waals surface area contributed by atoms with Crippen LogP contribution in [-0.2, 0) is 6.42 Å². The molecule has 134 valence electrons. The van der Waals surface area contributed by atoms with Crippen molar-refractivity contribution in [1.82, 2.24) is 10.6 Å². The fraction of sp³-hybridized carbons (Fsp3) is 0.588. The molecule has 1 aromatic rings. The van der Waals surface area contributed by atoms with E-state index in [4.69, 9.17) is 0 Å². The molecule has 3 atom stereocenters. The van der Waals surface area contributed by atoms with Gasteiger partial charge in [0.2, 0.25) is 0 Å². The first-order valence-corrected chi connectivity index (χ1v) is 8.17. The average molecular weight is 344 g/mol. The Hall–Kier alpha value is -1.76. The summed E-state index contributed by atoms with van der Waals surface area (Å²) in [5.74, 6) is -1.35. The predicted octanol–water partition coefficient (Wildman–Crippen LogP) is 3.01. The second kappa shape index (κ2) is 8.37. The van der Waals surface area contributed by atoms with Gasteiger partial charge in [-0.15, -0.1) is 0 Å². The Morgan fingerprint density at radius 2 is 1.96 bits per heavy atom. The Balaban J connectivity index is 1.71. The molecule has 0 heterocycles. The van der Waals surface area contributed by atoms with E-state index in [1.165, 1.54) is 0 Å². The van der Waals surface area contributed by atoms with Crippen molar-refractivity contribution in [3.63, 3.8) is 0 Å². The lowest BCUT2D eigenvalue weighted by Crippen LogP contribution is -2.47. The van der Waals surface area contributed by atoms with Crippen LogP contribution in [0.2, 0.25) is 0 Å². The molecule has 0 aliphatic heterocycles. The number of carbonyl (C=O) groups excluding carboxylic acids is 1. The maximum Gasteiger partial charge on any atom is 0.391 e. The quantitative estimate of drug-likeness (QED) is 0.769. The molecule has 1 saturated carbocycles. The summed E-state index contributed by atoms with van der Waals surface area (Å²) < 4.78 is 38.3. The third kappa shape index (κ3) is 6.03. The van der Waals surface area contributed by atoms with Crippen LogP contribution >= 0.6 is 0 Å². The molecule has 0 radical (unpaired) electrons. The third-order valence-corrected chi connectivity index (χ3v) is 4.28. The molecular formula is C17H23F3N2O2. The van der Waals surface area contributed by atoms with Gasteiger partial charge in [0.15, 0.2) is 0 Å². The Kier molecular flexibility index (Phi) is 6.48. The number of benzene rings is 1. The molecule has 0 spiro atoms. The lowest BCUT2D eigenvalue weighted by molar-refractivity contribution is -0.183. The van der Waals surface area contributed by atoms with Crippen molar-refractivity contribution in [3.8, 4) is 0 Å². The van der Waals surface area contributed by atoms with Gasteiger partial charge in [0.1, 0.15) is 0 Å². The summed E-state index contributed by atoms with van der Waals surface area (Å²) in [6.07, 6.45) is -3.50. The lowest BCUT2D eigenvalue weighted by Gasteiger charge is -2.31. The number of hydrogen-bond acceptors (Lipinski definition) is 2. The van der Waals surface area contributed by atoms with E-state index in [1.54, 1.807) is 0 Å². The summed E-state index contributed by atoms with van der Waals surface area (Å²) in [5.41, 5.74) is 0.951. The van der Waals surface area contributed by atoms with Gasteiger partial charge in [-0.05, 0) is 24.8 Å². The molecule has 0 bridgehead atoms. The maximum absolute atomic E-state index is 12.8. The summed E-state index contributed by atoms with van der Waals surface area (Å²) >= 11 is 0. The van der Waals surface area contributed by atoms with Crippen LogP contribution in [-0.4, -0.2) is 36.0 Å². The van der Waals surface area contributed by atoms with Crippen LogP contribution in [0, 0.1) is 5.92 Å². The Morgan fingerprint density at radius 1 is 1.25 bits per heavy atom. The number of aliphatic hydroxyl groups is 1. The number of alkyl halides is 3. The molecule has 7 heteroatoms. The zero-order valence-electron chi connectivity index (χ0n) is 13.4. The van der Waals surface area contributed by atoms with E-state index < -0.39 is 30.3 Å². The number of amides is 2. The second-order valence-electron chi connectivity index (χ2n) is 6.30. The highest BCUT2D eigenvalue weighted by Gasteiger charge is 2.42. The second-order valence-corrected chi connectivity index (χ2v) is 6.30. The van der Waals surface area contributed by atoms with Gasteiger partial charge in [-0.25, -0.2) is 4.79 Å². The van der Waals surface area contributed by atoms with Gasteiger partial charge < -0.3 is 15.7 Å². The van der Waals surface area contributed by atoms with E-state index in [9.17, 15) is 23.1 Å². The number of halogens is 3. The molecule has 24 heavy (non-hydrogen) atoms. The Labute approximate surface area is 139 Å². The number of urea groups is 1. The predicted molar refractivity (Wildman–Crippen MR) is 84.5 cm³/mol. The fourth-order valence-electron chi connectivity index (χ4n) is 3.02. The maximum atomic E-state index is 12.8. The van der Waals surface area contributed by atoms with Gasteiger partial charge in [-0.2, -0.15) is 13.2 Å². The van der Waals surface area contributed by atoms with E-state index in [0.29, 0.717) is 19.3 Å². The van der Waals surface area contributed by atoms with Crippen molar-refractivity contribution in [2.75, 3.05) is 6.54 Å². The highest BCUT2D eigenvalue weighted by Crippen LogP contribution is 2.37. The van der Waals surface area contributed by atoms with Gasteiger partial charge in [0, 0.05) is 19.0 Å². The number of carbonyl (C=O) groups is 1. The number of aliphatic hydroxyl groups excluding tert-OH is 1. The summed E-state index contributed by atoms with van der Waals surface area (Å²) in [4.78, 5) is 11.8. The minimum Gasteiger partial charge on any atom is -0.391 e. The topological polar surface area (TPSA) is 61.4 Å². The van der Waals surface area contributed by atoms with Gasteiger partial charge >= 0.3 is 12.2 Å². The SMILES string of the molecule is O=C(NC[C@H](O)Cc1ccccc1)N[C@@H]1CCC[C@@H](C(F)(F)F)C1. The molecule has 1 aromatic carbocycles. The van der Waals surface area contributed by atoms with Crippen LogP contribution in [0.15, 0.2) is 30.3 Å². The van der Waals surface area contributed by atoms with Crippen LogP contribution in [0.4, 0.5) is 18.0 Å². The Morgan fingerprint density at radius 3 is 2.62 bits per heavy atom. The summed E-state index contributed by atoms with van der Waals surface area (Å²) in [7, 11) is 0. The molecule has 1 fully saturated rings. The molecule has 3 N–H and O–H groups in total. The normalized spacial score (nSPS) is 22.7. The summed E-state index contributed by atoms with van der Waals surface area (Å²) in [6, 6.07) is 8.35. The van der Waals surface area contributed by atoms with Crippen molar-refractivity contribution >= 4 is 6.03 Å². The van der Waals surface area contributed by atoms with Crippen molar-refractivity contribution in [3.05, 3.63) is 35.9 Å². The first-order valence-electron chi connectivity index (χ1n) is 8.17. The Bertz CT molecular complexity index is 522. The van der Waals surface area contributed by atoms with E-state index in [0.717, 1.165) is 5.56 Å². The number of nitrogens with one attached hydrogen (secondary N) is 2. The zero-order chi connectivity index (χ0) is 17.6. The lowest BCUT2D eigenvalue weighted by atomic mass is 9.85. The van der Waals surface area contributed by atoms with Crippen LogP contribution in [0.1, 0.15) is 31.2 Å². The van der Waals surface area contributed by atoms with Gasteiger partial charge in [0.25, 0.3) is 0 Å². The van der Waals surface area contributed by atoms with Crippen LogP contribution in [0.3, 0.4) is 0 Å². The monoisotopic (exact) mass is 344 g/mol. The molecule has 0 saturated heterocycles. The van der Waals surface area contributed by atoms with E-state index in [-0.39, 0.29) is 19.4 Å². The molecule has 2 amide bonds. The van der Waals surface area contributed by atoms with Gasteiger partial charge in [-0.1, -0.05) is 36.8 Å². The molecule has 1 aliphatic carbocycles. The fourth-order valence-corrected chi connectivity index (χ4v) is 3.02. The van der Waals surface area contributed by atoms with Crippen LogP contribution in [0.5, 0.6) is 0 Å². The van der Waals surface area contributed by atoms with Crippen LogP contribution < -0.4 is 10.6 Å². The minimum absolute atomic E-state index is 0.0517. The molecule has 0 unspecified atom stereocenters. The van der Waals surface area contributed by atoms with Crippen molar-refractivity contribution in [2.24, 2.45) is 5.92 Å². The zero-order valence-corrected chi connectivity index (χ0v) is 13.4. The standard InChI is InChI=1S/C17H23F3N2O2/c18-17(19,20)13-7-4-8-14(10-13)22-16(24)21-11-15(23)9-12-5-2-1-3-6-12/h1-3,5-6,13-15,23H,4,7-11H2,(H2,21,22,24)/t13-,14-,15-/m1/s1. The van der Waals surface area contributed by atoms with Crippen molar-refractivity contribution in [1.29, 1.82) is 0 Å². The minimum atomic E-state index is -4.21. The van der Waals surface area contributed by atoms with E-state index in [2.05, 4.69) is 10.6 Å². The van der Waals surface area contributed by atoms with Crippen molar-refractivity contribution in [2.45, 2.75) is 50.4 Å². The largest absolute Gasteiger partial charge is 0.391 e. The van der Waals surface area contributed by atoms with Crippen LogP contribution in [0.25, 0.3) is 0 Å². The molecule has 4 nitrogen and oxygen atoms in total. The molecular weight excluding hydrogens is 321 g/mol. The van der Waals surface area contributed by atoms with Gasteiger partial charge in [-0.3, -0.25) is 0 Å². The summed E-state index contributed by atoms with van der Waals surface area (Å²) in [5, 5.41) is 15.0. The smallest absolute Gasteiger partial charge is 0.391 e. The van der Waals surface area contributed by atoms with E-state index >= 15 is 0 Å². The first-order chi connectivity index (χ1) is 11.3.